The van der Waals surface area contributed by atoms with Gasteiger partial charge < -0.3 is 0 Å². The Bertz CT molecular complexity index is 408. The van der Waals surface area contributed by atoms with Crippen molar-refractivity contribution in [2.24, 2.45) is 5.92 Å². The minimum absolute atomic E-state index is 0.639. The molecule has 1 aromatic carbocycles. The SMILES string of the molecule is CC(C)C(Cc1ccc(C#N)cc1)N1CCCC1. The summed E-state index contributed by atoms with van der Waals surface area (Å²) < 4.78 is 0. The predicted molar refractivity (Wildman–Crippen MR) is 74.3 cm³/mol. The van der Waals surface area contributed by atoms with E-state index in [0.717, 1.165) is 12.0 Å². The third-order valence-corrected chi connectivity index (χ3v) is 3.91. The van der Waals surface area contributed by atoms with Gasteiger partial charge in [0, 0.05) is 6.04 Å². The van der Waals surface area contributed by atoms with E-state index in [0.29, 0.717) is 12.0 Å². The molecule has 0 saturated carbocycles. The average molecular weight is 242 g/mol. The molecule has 0 radical (unpaired) electrons. The monoisotopic (exact) mass is 242 g/mol. The molecule has 0 aliphatic carbocycles. The van der Waals surface area contributed by atoms with Gasteiger partial charge in [0.25, 0.3) is 0 Å². The van der Waals surface area contributed by atoms with Crippen molar-refractivity contribution in [1.82, 2.24) is 4.90 Å². The fraction of sp³-hybridized carbons (Fsp3) is 0.562. The lowest BCUT2D eigenvalue weighted by Crippen LogP contribution is -2.38. The highest BCUT2D eigenvalue weighted by atomic mass is 15.2. The number of hydrogen-bond acceptors (Lipinski definition) is 2. The minimum Gasteiger partial charge on any atom is -0.300 e. The van der Waals surface area contributed by atoms with Gasteiger partial charge in [-0.2, -0.15) is 5.26 Å². The molecule has 0 N–H and O–H groups in total. The lowest BCUT2D eigenvalue weighted by Gasteiger charge is -2.31. The van der Waals surface area contributed by atoms with Gasteiger partial charge in [-0.25, -0.2) is 0 Å². The Morgan fingerprint density at radius 1 is 1.17 bits per heavy atom. The van der Waals surface area contributed by atoms with E-state index in [1.165, 1.54) is 31.5 Å². The normalized spacial score (nSPS) is 17.9. The summed E-state index contributed by atoms with van der Waals surface area (Å²) in [5, 5.41) is 8.81. The van der Waals surface area contributed by atoms with Crippen LogP contribution in [0.3, 0.4) is 0 Å². The topological polar surface area (TPSA) is 27.0 Å². The quantitative estimate of drug-likeness (QED) is 0.810. The van der Waals surface area contributed by atoms with Crippen LogP contribution in [0.4, 0.5) is 0 Å². The van der Waals surface area contributed by atoms with Crippen molar-refractivity contribution in [2.45, 2.75) is 39.2 Å². The molecule has 1 unspecified atom stereocenters. The van der Waals surface area contributed by atoms with Crippen LogP contribution < -0.4 is 0 Å². The number of hydrogen-bond donors (Lipinski definition) is 0. The number of rotatable bonds is 4. The van der Waals surface area contributed by atoms with Crippen molar-refractivity contribution in [1.29, 1.82) is 5.26 Å². The molecule has 1 atom stereocenters. The van der Waals surface area contributed by atoms with Crippen LogP contribution >= 0.6 is 0 Å². The standard InChI is InChI=1S/C16H22N2/c1-13(2)16(18-9-3-4-10-18)11-14-5-7-15(12-17)8-6-14/h5-8,13,16H,3-4,9-11H2,1-2H3. The zero-order chi connectivity index (χ0) is 13.0. The average Bonchev–Trinajstić information content (AvgIpc) is 2.90. The lowest BCUT2D eigenvalue weighted by molar-refractivity contribution is 0.190. The Hall–Kier alpha value is -1.33. The number of nitrogens with zero attached hydrogens (tertiary/aromatic N) is 2. The maximum absolute atomic E-state index is 8.81. The van der Waals surface area contributed by atoms with Gasteiger partial charge in [0.2, 0.25) is 0 Å². The fourth-order valence-electron chi connectivity index (χ4n) is 2.82. The van der Waals surface area contributed by atoms with Gasteiger partial charge in [-0.3, -0.25) is 4.90 Å². The van der Waals surface area contributed by atoms with Crippen LogP contribution in [0, 0.1) is 17.2 Å². The maximum Gasteiger partial charge on any atom is 0.0991 e. The molecule has 1 saturated heterocycles. The van der Waals surface area contributed by atoms with E-state index >= 15 is 0 Å². The molecule has 0 aromatic heterocycles. The molecular formula is C16H22N2. The molecule has 1 fully saturated rings. The second kappa shape index (κ2) is 6.02. The van der Waals surface area contributed by atoms with E-state index in [1.807, 2.05) is 12.1 Å². The van der Waals surface area contributed by atoms with Crippen LogP contribution in [0.25, 0.3) is 0 Å². The summed E-state index contributed by atoms with van der Waals surface area (Å²) in [6.45, 7) is 7.12. The predicted octanol–water partition coefficient (Wildman–Crippen LogP) is 3.22. The Kier molecular flexibility index (Phi) is 4.38. The highest BCUT2D eigenvalue weighted by molar-refractivity contribution is 5.31. The molecule has 1 aliphatic heterocycles. The van der Waals surface area contributed by atoms with E-state index in [4.69, 9.17) is 5.26 Å². The van der Waals surface area contributed by atoms with Crippen molar-refractivity contribution in [2.75, 3.05) is 13.1 Å². The van der Waals surface area contributed by atoms with Gasteiger partial charge in [0.05, 0.1) is 11.6 Å². The first kappa shape index (κ1) is 13.1. The van der Waals surface area contributed by atoms with Crippen LogP contribution in [0.1, 0.15) is 37.8 Å². The summed E-state index contributed by atoms with van der Waals surface area (Å²) in [7, 11) is 0. The van der Waals surface area contributed by atoms with Crippen molar-refractivity contribution >= 4 is 0 Å². The Morgan fingerprint density at radius 2 is 1.78 bits per heavy atom. The summed E-state index contributed by atoms with van der Waals surface area (Å²) in [5.41, 5.74) is 2.10. The van der Waals surface area contributed by atoms with Gasteiger partial charge in [0.1, 0.15) is 0 Å². The van der Waals surface area contributed by atoms with Crippen molar-refractivity contribution in [3.63, 3.8) is 0 Å². The summed E-state index contributed by atoms with van der Waals surface area (Å²) in [4.78, 5) is 2.63. The van der Waals surface area contributed by atoms with Gasteiger partial charge in [-0.05, 0) is 56.0 Å². The van der Waals surface area contributed by atoms with E-state index in [2.05, 4.69) is 36.9 Å². The van der Waals surface area contributed by atoms with Crippen LogP contribution in [0.2, 0.25) is 0 Å². The molecular weight excluding hydrogens is 220 g/mol. The van der Waals surface area contributed by atoms with Crippen LogP contribution in [0.15, 0.2) is 24.3 Å². The molecule has 0 spiro atoms. The molecule has 0 bridgehead atoms. The first-order valence-corrected chi connectivity index (χ1v) is 6.94. The minimum atomic E-state index is 0.639. The van der Waals surface area contributed by atoms with Gasteiger partial charge >= 0.3 is 0 Å². The molecule has 2 rings (SSSR count). The molecule has 1 aromatic rings. The third-order valence-electron chi connectivity index (χ3n) is 3.91. The number of nitriles is 1. The Labute approximate surface area is 110 Å². The fourth-order valence-corrected chi connectivity index (χ4v) is 2.82. The Morgan fingerprint density at radius 3 is 2.28 bits per heavy atom. The second-order valence-electron chi connectivity index (χ2n) is 5.57. The van der Waals surface area contributed by atoms with E-state index in [-0.39, 0.29) is 0 Å². The summed E-state index contributed by atoms with van der Waals surface area (Å²) >= 11 is 0. The van der Waals surface area contributed by atoms with E-state index < -0.39 is 0 Å². The smallest absolute Gasteiger partial charge is 0.0991 e. The van der Waals surface area contributed by atoms with Crippen molar-refractivity contribution < 1.29 is 0 Å². The second-order valence-corrected chi connectivity index (χ2v) is 5.57. The molecule has 1 heterocycles. The Balaban J connectivity index is 2.05. The molecule has 96 valence electrons. The largest absolute Gasteiger partial charge is 0.300 e. The van der Waals surface area contributed by atoms with E-state index in [9.17, 15) is 0 Å². The first-order chi connectivity index (χ1) is 8.70. The number of likely N-dealkylation sites (tertiary alicyclic amines) is 1. The van der Waals surface area contributed by atoms with Crippen molar-refractivity contribution in [3.05, 3.63) is 35.4 Å². The third kappa shape index (κ3) is 3.11. The van der Waals surface area contributed by atoms with Gasteiger partial charge in [-0.15, -0.1) is 0 Å². The van der Waals surface area contributed by atoms with Gasteiger partial charge in [0.15, 0.2) is 0 Å². The zero-order valence-electron chi connectivity index (χ0n) is 11.4. The summed E-state index contributed by atoms with van der Waals surface area (Å²) in [6, 6.07) is 10.9. The highest BCUT2D eigenvalue weighted by Gasteiger charge is 2.24. The summed E-state index contributed by atoms with van der Waals surface area (Å²) in [6.07, 6.45) is 3.79. The lowest BCUT2D eigenvalue weighted by atomic mass is 9.94. The zero-order valence-corrected chi connectivity index (χ0v) is 11.4. The molecule has 0 amide bonds. The van der Waals surface area contributed by atoms with Crippen LogP contribution in [0.5, 0.6) is 0 Å². The van der Waals surface area contributed by atoms with Crippen molar-refractivity contribution in [3.8, 4) is 6.07 Å². The molecule has 18 heavy (non-hydrogen) atoms. The number of benzene rings is 1. The van der Waals surface area contributed by atoms with Crippen LogP contribution in [-0.2, 0) is 6.42 Å². The van der Waals surface area contributed by atoms with Crippen LogP contribution in [-0.4, -0.2) is 24.0 Å². The first-order valence-electron chi connectivity index (χ1n) is 6.94. The highest BCUT2D eigenvalue weighted by Crippen LogP contribution is 2.21. The molecule has 1 aliphatic rings. The maximum atomic E-state index is 8.81. The van der Waals surface area contributed by atoms with Gasteiger partial charge in [-0.1, -0.05) is 26.0 Å². The molecule has 2 nitrogen and oxygen atoms in total. The molecule has 2 heteroatoms. The van der Waals surface area contributed by atoms with E-state index in [1.54, 1.807) is 0 Å². The summed E-state index contributed by atoms with van der Waals surface area (Å²) in [5.74, 6) is 0.679.